The van der Waals surface area contributed by atoms with Gasteiger partial charge in [0.05, 0.1) is 34.4 Å². The Morgan fingerprint density at radius 2 is 0.873 bits per heavy atom. The molecular weight excluding hydrogens is 806 g/mol. The maximum Gasteiger partial charge on any atom is 0.306 e. The molecule has 0 heterocycles. The van der Waals surface area contributed by atoms with E-state index in [1.54, 1.807) is 0 Å². The maximum absolute atomic E-state index is 12.8. The molecular formula is C54H100NO7P. The Kier molecular flexibility index (Phi) is 45.4. The molecule has 368 valence electrons. The highest BCUT2D eigenvalue weighted by atomic mass is 31.2. The summed E-state index contributed by atoms with van der Waals surface area (Å²) in [5.74, 6) is -0.347. The van der Waals surface area contributed by atoms with Crippen LogP contribution in [0, 0.1) is 0 Å². The van der Waals surface area contributed by atoms with Crippen LogP contribution in [0.25, 0.3) is 0 Å². The van der Waals surface area contributed by atoms with E-state index in [2.05, 4.69) is 74.6 Å². The van der Waals surface area contributed by atoms with E-state index in [0.717, 1.165) is 64.2 Å². The third kappa shape index (κ3) is 51.1. The molecule has 0 aliphatic rings. The first-order chi connectivity index (χ1) is 30.6. The number of unbranched alkanes of at least 4 members (excludes halogenated alkanes) is 24. The Morgan fingerprint density at radius 1 is 0.492 bits per heavy atom. The summed E-state index contributed by atoms with van der Waals surface area (Å²) in [5, 5.41) is 0. The van der Waals surface area contributed by atoms with Crippen molar-refractivity contribution in [2.75, 3.05) is 54.1 Å². The van der Waals surface area contributed by atoms with E-state index in [0.29, 0.717) is 24.1 Å². The van der Waals surface area contributed by atoms with E-state index in [-0.39, 0.29) is 25.8 Å². The average Bonchev–Trinajstić information content (AvgIpc) is 3.24. The van der Waals surface area contributed by atoms with Gasteiger partial charge in [-0.1, -0.05) is 190 Å². The molecule has 0 aliphatic heterocycles. The Labute approximate surface area is 390 Å². The number of nitrogens with zero attached hydrogens (tertiary/aromatic N) is 1. The molecule has 0 aromatic heterocycles. The van der Waals surface area contributed by atoms with Gasteiger partial charge in [-0.2, -0.15) is 0 Å². The van der Waals surface area contributed by atoms with Crippen LogP contribution in [0.5, 0.6) is 0 Å². The van der Waals surface area contributed by atoms with Gasteiger partial charge in [-0.15, -0.1) is 0 Å². The number of allylic oxidation sites excluding steroid dienone is 10. The predicted molar refractivity (Wildman–Crippen MR) is 268 cm³/mol. The maximum atomic E-state index is 12.8. The molecule has 0 fully saturated rings. The molecule has 0 radical (unpaired) electrons. The lowest BCUT2D eigenvalue weighted by Crippen LogP contribution is -2.37. The van der Waals surface area contributed by atoms with Crippen molar-refractivity contribution in [3.8, 4) is 0 Å². The van der Waals surface area contributed by atoms with Crippen LogP contribution in [0.1, 0.15) is 219 Å². The Bertz CT molecular complexity index is 1190. The van der Waals surface area contributed by atoms with Gasteiger partial charge in [-0.05, 0) is 83.5 Å². The molecule has 0 saturated heterocycles. The minimum atomic E-state index is -4.54. The van der Waals surface area contributed by atoms with Gasteiger partial charge in [-0.25, -0.2) is 0 Å². The highest BCUT2D eigenvalue weighted by molar-refractivity contribution is 7.45. The number of hydrogen-bond acceptors (Lipinski definition) is 7. The predicted octanol–water partition coefficient (Wildman–Crippen LogP) is 15.4. The number of rotatable bonds is 48. The lowest BCUT2D eigenvalue weighted by Gasteiger charge is -2.28. The second kappa shape index (κ2) is 46.7. The lowest BCUT2D eigenvalue weighted by atomic mass is 10.1. The molecule has 0 spiro atoms. The van der Waals surface area contributed by atoms with Gasteiger partial charge < -0.3 is 27.9 Å². The first-order valence-electron chi connectivity index (χ1n) is 26.0. The summed E-state index contributed by atoms with van der Waals surface area (Å²) in [6.45, 7) is 5.36. The molecule has 0 N–H and O–H groups in total. The number of likely N-dealkylation sites (N-methyl/N-ethyl adjacent to an activating group) is 1. The van der Waals surface area contributed by atoms with Gasteiger partial charge in [0.25, 0.3) is 7.82 Å². The topological polar surface area (TPSA) is 94.1 Å². The first-order valence-corrected chi connectivity index (χ1v) is 27.5. The zero-order valence-electron chi connectivity index (χ0n) is 41.8. The summed E-state index contributed by atoms with van der Waals surface area (Å²) in [6, 6.07) is 0. The van der Waals surface area contributed by atoms with Crippen molar-refractivity contribution in [3.63, 3.8) is 0 Å². The largest absolute Gasteiger partial charge is 0.756 e. The third-order valence-electron chi connectivity index (χ3n) is 11.0. The van der Waals surface area contributed by atoms with Crippen LogP contribution in [-0.4, -0.2) is 70.7 Å². The van der Waals surface area contributed by atoms with Crippen molar-refractivity contribution in [2.45, 2.75) is 225 Å². The van der Waals surface area contributed by atoms with E-state index in [4.69, 9.17) is 18.5 Å². The van der Waals surface area contributed by atoms with Crippen LogP contribution >= 0.6 is 7.82 Å². The summed E-state index contributed by atoms with van der Waals surface area (Å²) in [4.78, 5) is 25.2. The summed E-state index contributed by atoms with van der Waals surface area (Å²) in [6.07, 6.45) is 59.5. The second-order valence-corrected chi connectivity index (χ2v) is 19.9. The van der Waals surface area contributed by atoms with Gasteiger partial charge >= 0.3 is 5.97 Å². The SMILES string of the molecule is CCCCC/C=C\C/C=C\CCCCCCCCCCCCOCC(COP(=O)([O-])OCC[N+](C)(C)C)OC(=O)CCCCCCCC/C=C\C/C=C\C/C=C\CCCCCCC. The van der Waals surface area contributed by atoms with E-state index >= 15 is 0 Å². The fraction of sp³-hybridized carbons (Fsp3) is 0.796. The highest BCUT2D eigenvalue weighted by Crippen LogP contribution is 2.38. The number of esters is 1. The van der Waals surface area contributed by atoms with Gasteiger partial charge in [0.1, 0.15) is 19.3 Å². The Hall–Kier alpha value is -1.80. The molecule has 0 bridgehead atoms. The molecule has 8 nitrogen and oxygen atoms in total. The highest BCUT2D eigenvalue weighted by Gasteiger charge is 2.20. The second-order valence-electron chi connectivity index (χ2n) is 18.5. The van der Waals surface area contributed by atoms with Crippen LogP contribution in [-0.2, 0) is 27.9 Å². The fourth-order valence-corrected chi connectivity index (χ4v) is 7.72. The standard InChI is InChI=1S/C54H100NO7P/c1-6-8-10-12-14-16-18-20-22-24-26-28-29-31-33-35-37-39-41-43-45-47-54(56)62-53(52-61-63(57,58)60-50-48-55(3,4)5)51-59-49-46-44-42-40-38-36-34-32-30-27-25-23-21-19-17-15-13-11-9-7-2/h15,17-18,20-21,23-24,26,29,31,53H,6-14,16,19,22,25,27-28,30,32-52H2,1-5H3/b17-15-,20-18-,23-21-,26-24-,31-29-. The molecule has 63 heavy (non-hydrogen) atoms. The smallest absolute Gasteiger partial charge is 0.306 e. The summed E-state index contributed by atoms with van der Waals surface area (Å²) >= 11 is 0. The third-order valence-corrected chi connectivity index (χ3v) is 12.0. The van der Waals surface area contributed by atoms with Crippen LogP contribution in [0.4, 0.5) is 0 Å². The lowest BCUT2D eigenvalue weighted by molar-refractivity contribution is -0.870. The number of carbonyl (C=O) groups excluding carboxylic acids is 1. The van der Waals surface area contributed by atoms with E-state index < -0.39 is 13.9 Å². The van der Waals surface area contributed by atoms with Crippen molar-refractivity contribution < 1.29 is 37.3 Å². The van der Waals surface area contributed by atoms with Crippen LogP contribution < -0.4 is 4.89 Å². The van der Waals surface area contributed by atoms with Crippen molar-refractivity contribution in [1.82, 2.24) is 0 Å². The van der Waals surface area contributed by atoms with Crippen LogP contribution in [0.15, 0.2) is 60.8 Å². The van der Waals surface area contributed by atoms with Crippen LogP contribution in [0.2, 0.25) is 0 Å². The molecule has 0 rings (SSSR count). The monoisotopic (exact) mass is 906 g/mol. The van der Waals surface area contributed by atoms with Gasteiger partial charge in [0, 0.05) is 13.0 Å². The summed E-state index contributed by atoms with van der Waals surface area (Å²) in [5.41, 5.74) is 0. The van der Waals surface area contributed by atoms with Gasteiger partial charge in [0.2, 0.25) is 0 Å². The number of quaternary nitrogens is 1. The normalized spacial score (nSPS) is 14.1. The molecule has 0 aliphatic carbocycles. The minimum absolute atomic E-state index is 0.0206. The number of carbonyl (C=O) groups is 1. The quantitative estimate of drug-likeness (QED) is 0.0197. The summed E-state index contributed by atoms with van der Waals surface area (Å²) in [7, 11) is 1.34. The van der Waals surface area contributed by atoms with E-state index in [9.17, 15) is 14.3 Å². The number of hydrogen-bond donors (Lipinski definition) is 0. The molecule has 9 heteroatoms. The molecule has 0 aromatic carbocycles. The van der Waals surface area contributed by atoms with Gasteiger partial charge in [0.15, 0.2) is 0 Å². The Morgan fingerprint density at radius 3 is 1.33 bits per heavy atom. The van der Waals surface area contributed by atoms with Crippen molar-refractivity contribution in [1.29, 1.82) is 0 Å². The number of phosphoric acid groups is 1. The van der Waals surface area contributed by atoms with Crippen molar-refractivity contribution in [2.24, 2.45) is 0 Å². The van der Waals surface area contributed by atoms with Gasteiger partial charge in [-0.3, -0.25) is 9.36 Å². The van der Waals surface area contributed by atoms with E-state index in [1.165, 1.54) is 135 Å². The van der Waals surface area contributed by atoms with Crippen molar-refractivity contribution >= 4 is 13.8 Å². The minimum Gasteiger partial charge on any atom is -0.756 e. The molecule has 0 saturated carbocycles. The first kappa shape index (κ1) is 61.2. The zero-order valence-corrected chi connectivity index (χ0v) is 42.7. The number of phosphoric ester groups is 1. The molecule has 0 aromatic rings. The molecule has 2 unspecified atom stereocenters. The molecule has 2 atom stereocenters. The summed E-state index contributed by atoms with van der Waals surface area (Å²) < 4.78 is 34.7. The van der Waals surface area contributed by atoms with Crippen LogP contribution in [0.3, 0.4) is 0 Å². The zero-order chi connectivity index (χ0) is 46.2. The average molecular weight is 906 g/mol. The van der Waals surface area contributed by atoms with Crippen molar-refractivity contribution in [3.05, 3.63) is 60.8 Å². The Balaban J connectivity index is 4.18. The number of ether oxygens (including phenoxy) is 2. The van der Waals surface area contributed by atoms with E-state index in [1.807, 2.05) is 21.1 Å². The fourth-order valence-electron chi connectivity index (χ4n) is 7.00. The molecule has 0 amide bonds.